The SMILES string of the molecule is Nc1ccc(SCc2ccc(CC(=O)O)cc2)cc1Cl. The Hall–Kier alpha value is -1.65. The molecule has 3 N–H and O–H groups in total. The number of hydrogen-bond acceptors (Lipinski definition) is 3. The molecule has 0 fully saturated rings. The van der Waals surface area contributed by atoms with E-state index in [1.165, 1.54) is 0 Å². The van der Waals surface area contributed by atoms with Gasteiger partial charge < -0.3 is 10.8 Å². The van der Waals surface area contributed by atoms with Gasteiger partial charge in [-0.2, -0.15) is 0 Å². The smallest absolute Gasteiger partial charge is 0.307 e. The number of anilines is 1. The number of halogens is 1. The van der Waals surface area contributed by atoms with E-state index in [0.717, 1.165) is 21.8 Å². The number of benzene rings is 2. The minimum absolute atomic E-state index is 0.0565. The molecule has 0 aromatic heterocycles. The molecule has 5 heteroatoms. The highest BCUT2D eigenvalue weighted by atomic mass is 35.5. The number of carboxylic acids is 1. The van der Waals surface area contributed by atoms with Crippen LogP contribution in [0.15, 0.2) is 47.4 Å². The van der Waals surface area contributed by atoms with Crippen molar-refractivity contribution in [2.45, 2.75) is 17.1 Å². The predicted octanol–water partition coefficient (Wildman–Crippen LogP) is 3.84. The molecule has 0 atom stereocenters. The van der Waals surface area contributed by atoms with Gasteiger partial charge in [0, 0.05) is 10.6 Å². The Morgan fingerprint density at radius 2 is 1.80 bits per heavy atom. The average molecular weight is 308 g/mol. The maximum absolute atomic E-state index is 10.6. The van der Waals surface area contributed by atoms with Gasteiger partial charge in [-0.15, -0.1) is 11.8 Å². The summed E-state index contributed by atoms with van der Waals surface area (Å²) >= 11 is 7.63. The van der Waals surface area contributed by atoms with Crippen LogP contribution in [-0.2, 0) is 17.0 Å². The zero-order chi connectivity index (χ0) is 14.5. The fourth-order valence-electron chi connectivity index (χ4n) is 1.69. The molecule has 104 valence electrons. The van der Waals surface area contributed by atoms with Crippen LogP contribution in [-0.4, -0.2) is 11.1 Å². The fraction of sp³-hybridized carbons (Fsp3) is 0.133. The predicted molar refractivity (Wildman–Crippen MR) is 83.2 cm³/mol. The number of carboxylic acid groups (broad SMARTS) is 1. The van der Waals surface area contributed by atoms with Crippen LogP contribution < -0.4 is 5.73 Å². The quantitative estimate of drug-likeness (QED) is 0.650. The van der Waals surface area contributed by atoms with Gasteiger partial charge in [0.05, 0.1) is 17.1 Å². The first kappa shape index (κ1) is 14.8. The number of nitrogen functional groups attached to an aromatic ring is 1. The molecule has 0 spiro atoms. The van der Waals surface area contributed by atoms with E-state index < -0.39 is 5.97 Å². The number of thioether (sulfide) groups is 1. The van der Waals surface area contributed by atoms with Crippen LogP contribution in [0.1, 0.15) is 11.1 Å². The summed E-state index contributed by atoms with van der Waals surface area (Å²) < 4.78 is 0. The van der Waals surface area contributed by atoms with E-state index in [9.17, 15) is 4.79 Å². The number of nitrogens with two attached hydrogens (primary N) is 1. The summed E-state index contributed by atoms with van der Waals surface area (Å²) in [6.07, 6.45) is 0.0565. The average Bonchev–Trinajstić information content (AvgIpc) is 2.41. The molecule has 20 heavy (non-hydrogen) atoms. The van der Waals surface area contributed by atoms with E-state index in [1.54, 1.807) is 17.8 Å². The number of carbonyl (C=O) groups is 1. The second kappa shape index (κ2) is 6.68. The standard InChI is InChI=1S/C15H14ClNO2S/c16-13-8-12(5-6-14(13)17)20-9-11-3-1-10(2-4-11)7-15(18)19/h1-6,8H,7,9,17H2,(H,18,19). The summed E-state index contributed by atoms with van der Waals surface area (Å²) in [4.78, 5) is 11.7. The van der Waals surface area contributed by atoms with Crippen molar-refractivity contribution in [3.8, 4) is 0 Å². The Morgan fingerprint density at radius 3 is 2.40 bits per heavy atom. The van der Waals surface area contributed by atoms with Crippen molar-refractivity contribution >= 4 is 35.0 Å². The summed E-state index contributed by atoms with van der Waals surface area (Å²) in [6.45, 7) is 0. The molecule has 2 aromatic carbocycles. The fourth-order valence-corrected chi connectivity index (χ4v) is 2.83. The number of hydrogen-bond donors (Lipinski definition) is 2. The molecule has 0 saturated heterocycles. The Labute approximate surface area is 126 Å². The summed E-state index contributed by atoms with van der Waals surface area (Å²) in [5.74, 6) is -0.0169. The zero-order valence-corrected chi connectivity index (χ0v) is 12.2. The van der Waals surface area contributed by atoms with Gasteiger partial charge in [0.1, 0.15) is 0 Å². The van der Waals surface area contributed by atoms with Crippen LogP contribution in [0.2, 0.25) is 5.02 Å². The van der Waals surface area contributed by atoms with Crippen molar-refractivity contribution in [1.82, 2.24) is 0 Å². The van der Waals surface area contributed by atoms with Crippen molar-refractivity contribution in [2.75, 3.05) is 5.73 Å². The van der Waals surface area contributed by atoms with Crippen molar-refractivity contribution < 1.29 is 9.90 Å². The zero-order valence-electron chi connectivity index (χ0n) is 10.7. The normalized spacial score (nSPS) is 10.4. The second-order valence-corrected chi connectivity index (χ2v) is 5.81. The Balaban J connectivity index is 1.96. The molecule has 0 aliphatic rings. The molecule has 0 saturated carbocycles. The van der Waals surface area contributed by atoms with Crippen LogP contribution in [0.4, 0.5) is 5.69 Å². The molecule has 0 bridgehead atoms. The molecular formula is C15H14ClNO2S. The highest BCUT2D eigenvalue weighted by Gasteiger charge is 2.02. The largest absolute Gasteiger partial charge is 0.481 e. The molecule has 2 aromatic rings. The summed E-state index contributed by atoms with van der Waals surface area (Å²) in [6, 6.07) is 13.2. The van der Waals surface area contributed by atoms with Gasteiger partial charge in [-0.1, -0.05) is 35.9 Å². The minimum atomic E-state index is -0.816. The topological polar surface area (TPSA) is 63.3 Å². The molecule has 0 aliphatic heterocycles. The van der Waals surface area contributed by atoms with Gasteiger partial charge in [-0.25, -0.2) is 0 Å². The first-order valence-corrected chi connectivity index (χ1v) is 7.38. The lowest BCUT2D eigenvalue weighted by atomic mass is 10.1. The number of rotatable bonds is 5. The van der Waals surface area contributed by atoms with E-state index in [4.69, 9.17) is 22.4 Å². The molecule has 2 rings (SSSR count). The van der Waals surface area contributed by atoms with Gasteiger partial charge in [-0.05, 0) is 29.3 Å². The van der Waals surface area contributed by atoms with Crippen LogP contribution in [0.25, 0.3) is 0 Å². The molecule has 3 nitrogen and oxygen atoms in total. The van der Waals surface area contributed by atoms with Crippen LogP contribution in [0.3, 0.4) is 0 Å². The van der Waals surface area contributed by atoms with Gasteiger partial charge in [0.2, 0.25) is 0 Å². The molecule has 0 aliphatic carbocycles. The third kappa shape index (κ3) is 4.18. The van der Waals surface area contributed by atoms with E-state index in [2.05, 4.69) is 0 Å². The van der Waals surface area contributed by atoms with E-state index in [1.807, 2.05) is 36.4 Å². The summed E-state index contributed by atoms with van der Waals surface area (Å²) in [5, 5.41) is 9.27. The van der Waals surface area contributed by atoms with Crippen molar-refractivity contribution in [3.05, 3.63) is 58.6 Å². The first-order chi connectivity index (χ1) is 9.54. The lowest BCUT2D eigenvalue weighted by Crippen LogP contribution is -1.99. The third-order valence-corrected chi connectivity index (χ3v) is 4.15. The first-order valence-electron chi connectivity index (χ1n) is 6.02. The molecule has 0 unspecified atom stereocenters. The van der Waals surface area contributed by atoms with Crippen molar-refractivity contribution in [2.24, 2.45) is 0 Å². The lowest BCUT2D eigenvalue weighted by Gasteiger charge is -2.05. The maximum Gasteiger partial charge on any atom is 0.307 e. The molecular weight excluding hydrogens is 294 g/mol. The Morgan fingerprint density at radius 1 is 1.15 bits per heavy atom. The van der Waals surface area contributed by atoms with Crippen molar-refractivity contribution in [3.63, 3.8) is 0 Å². The summed E-state index contributed by atoms with van der Waals surface area (Å²) in [7, 11) is 0. The highest BCUT2D eigenvalue weighted by Crippen LogP contribution is 2.28. The van der Waals surface area contributed by atoms with Gasteiger partial charge in [0.25, 0.3) is 0 Å². The Kier molecular flexibility index (Phi) is 4.93. The third-order valence-electron chi connectivity index (χ3n) is 2.76. The maximum atomic E-state index is 10.6. The Bertz CT molecular complexity index is 614. The van der Waals surface area contributed by atoms with E-state index in [-0.39, 0.29) is 6.42 Å². The highest BCUT2D eigenvalue weighted by molar-refractivity contribution is 7.98. The van der Waals surface area contributed by atoms with Gasteiger partial charge >= 0.3 is 5.97 Å². The lowest BCUT2D eigenvalue weighted by molar-refractivity contribution is -0.136. The molecule has 0 amide bonds. The van der Waals surface area contributed by atoms with Crippen LogP contribution in [0.5, 0.6) is 0 Å². The number of aliphatic carboxylic acids is 1. The molecule has 0 radical (unpaired) electrons. The second-order valence-electron chi connectivity index (χ2n) is 4.36. The van der Waals surface area contributed by atoms with Gasteiger partial charge in [0.15, 0.2) is 0 Å². The molecule has 0 heterocycles. The monoisotopic (exact) mass is 307 g/mol. The van der Waals surface area contributed by atoms with E-state index in [0.29, 0.717) is 10.7 Å². The minimum Gasteiger partial charge on any atom is -0.481 e. The van der Waals surface area contributed by atoms with Crippen LogP contribution in [0, 0.1) is 0 Å². The van der Waals surface area contributed by atoms with Crippen LogP contribution >= 0.6 is 23.4 Å². The van der Waals surface area contributed by atoms with Crippen molar-refractivity contribution in [1.29, 1.82) is 0 Å². The summed E-state index contributed by atoms with van der Waals surface area (Å²) in [5.41, 5.74) is 8.18. The van der Waals surface area contributed by atoms with Gasteiger partial charge in [-0.3, -0.25) is 4.79 Å². The van der Waals surface area contributed by atoms with E-state index >= 15 is 0 Å².